The van der Waals surface area contributed by atoms with Crippen molar-refractivity contribution in [1.29, 1.82) is 0 Å². The van der Waals surface area contributed by atoms with Crippen molar-refractivity contribution in [3.63, 3.8) is 0 Å². The average Bonchev–Trinajstić information content (AvgIpc) is 2.75. The number of nitrogens with zero attached hydrogens (tertiary/aromatic N) is 1. The van der Waals surface area contributed by atoms with Crippen molar-refractivity contribution < 1.29 is 9.21 Å². The second-order valence-electron chi connectivity index (χ2n) is 3.21. The molecule has 12 heavy (non-hydrogen) atoms. The lowest BCUT2D eigenvalue weighted by atomic mass is 10.1. The molecule has 0 unspecified atom stereocenters. The molecular formula is C9H11NO2. The molecule has 0 aromatic carbocycles. The second-order valence-corrected chi connectivity index (χ2v) is 3.21. The molecule has 2 rings (SSSR count). The van der Waals surface area contributed by atoms with Crippen LogP contribution in [0.5, 0.6) is 0 Å². The number of hydrogen-bond donors (Lipinski definition) is 0. The number of carbonyl (C=O) groups excluding carboxylic acids is 1. The van der Waals surface area contributed by atoms with Crippen molar-refractivity contribution in [2.45, 2.75) is 31.6 Å². The lowest BCUT2D eigenvalue weighted by Crippen LogP contribution is -1.92. The van der Waals surface area contributed by atoms with Gasteiger partial charge in [0.15, 0.2) is 0 Å². The summed E-state index contributed by atoms with van der Waals surface area (Å²) in [5.74, 6) is 0.736. The molecule has 64 valence electrons. The molecule has 1 heterocycles. The van der Waals surface area contributed by atoms with Gasteiger partial charge in [-0.2, -0.15) is 0 Å². The molecule has 0 atom stereocenters. The van der Waals surface area contributed by atoms with Crippen molar-refractivity contribution in [2.75, 3.05) is 0 Å². The van der Waals surface area contributed by atoms with E-state index in [1.165, 1.54) is 25.7 Å². The van der Waals surface area contributed by atoms with Crippen LogP contribution in [0.25, 0.3) is 0 Å². The fraction of sp³-hybridized carbons (Fsp3) is 0.556. The Morgan fingerprint density at radius 3 is 2.83 bits per heavy atom. The van der Waals surface area contributed by atoms with Gasteiger partial charge in [0.05, 0.1) is 5.69 Å². The Kier molecular flexibility index (Phi) is 1.94. The zero-order valence-electron chi connectivity index (χ0n) is 6.82. The van der Waals surface area contributed by atoms with E-state index in [9.17, 15) is 4.79 Å². The highest BCUT2D eigenvalue weighted by Gasteiger charge is 2.20. The van der Waals surface area contributed by atoms with Gasteiger partial charge in [-0.25, -0.2) is 4.98 Å². The molecule has 1 fully saturated rings. The zero-order chi connectivity index (χ0) is 8.39. The maximum Gasteiger partial charge on any atom is 0.259 e. The van der Waals surface area contributed by atoms with Crippen LogP contribution in [0.1, 0.15) is 48.0 Å². The van der Waals surface area contributed by atoms with Crippen molar-refractivity contribution in [3.8, 4) is 0 Å². The van der Waals surface area contributed by atoms with E-state index in [0.717, 1.165) is 5.69 Å². The normalized spacial score (nSPS) is 18.3. The fourth-order valence-corrected chi connectivity index (χ4v) is 1.76. The molecule has 0 bridgehead atoms. The van der Waals surface area contributed by atoms with Crippen molar-refractivity contribution in [2.24, 2.45) is 0 Å². The van der Waals surface area contributed by atoms with Gasteiger partial charge in [0.1, 0.15) is 6.26 Å². The Bertz CT molecular complexity index is 274. The molecule has 1 aromatic heterocycles. The second kappa shape index (κ2) is 3.09. The van der Waals surface area contributed by atoms with Crippen LogP contribution in [0.2, 0.25) is 0 Å². The lowest BCUT2D eigenvalue weighted by molar-refractivity contribution is 0.109. The van der Waals surface area contributed by atoms with E-state index < -0.39 is 0 Å². The van der Waals surface area contributed by atoms with Crippen LogP contribution in [0.15, 0.2) is 10.7 Å². The van der Waals surface area contributed by atoms with Gasteiger partial charge in [0, 0.05) is 5.92 Å². The van der Waals surface area contributed by atoms with Crippen LogP contribution < -0.4 is 0 Å². The minimum Gasteiger partial charge on any atom is -0.442 e. The highest BCUT2D eigenvalue weighted by atomic mass is 16.3. The minimum absolute atomic E-state index is 0.205. The van der Waals surface area contributed by atoms with Gasteiger partial charge in [-0.15, -0.1) is 0 Å². The van der Waals surface area contributed by atoms with Crippen molar-refractivity contribution in [3.05, 3.63) is 17.8 Å². The SMILES string of the molecule is O=Cc1nc(C2CCCC2)co1. The quantitative estimate of drug-likeness (QED) is 0.630. The minimum atomic E-state index is 0.205. The summed E-state index contributed by atoms with van der Waals surface area (Å²) in [6, 6.07) is 0. The highest BCUT2D eigenvalue weighted by Crippen LogP contribution is 2.33. The first kappa shape index (κ1) is 7.53. The predicted molar refractivity (Wildman–Crippen MR) is 43.1 cm³/mol. The van der Waals surface area contributed by atoms with Gasteiger partial charge in [0.2, 0.25) is 6.29 Å². The Labute approximate surface area is 70.8 Å². The van der Waals surface area contributed by atoms with Crippen LogP contribution in [0.4, 0.5) is 0 Å². The molecule has 1 saturated carbocycles. The van der Waals surface area contributed by atoms with E-state index in [2.05, 4.69) is 4.98 Å². The summed E-state index contributed by atoms with van der Waals surface area (Å²) in [7, 11) is 0. The third-order valence-electron chi connectivity index (χ3n) is 2.41. The van der Waals surface area contributed by atoms with E-state index in [1.807, 2.05) is 0 Å². The predicted octanol–water partition coefficient (Wildman–Crippen LogP) is 2.14. The van der Waals surface area contributed by atoms with Gasteiger partial charge in [0.25, 0.3) is 5.89 Å². The van der Waals surface area contributed by atoms with Gasteiger partial charge in [-0.05, 0) is 12.8 Å². The van der Waals surface area contributed by atoms with Crippen molar-refractivity contribution >= 4 is 6.29 Å². The van der Waals surface area contributed by atoms with Gasteiger partial charge >= 0.3 is 0 Å². The summed E-state index contributed by atoms with van der Waals surface area (Å²) in [4.78, 5) is 14.4. The molecule has 1 aromatic rings. The number of aromatic nitrogens is 1. The molecule has 0 aliphatic heterocycles. The molecule has 0 radical (unpaired) electrons. The molecule has 0 amide bonds. The van der Waals surface area contributed by atoms with Gasteiger partial charge < -0.3 is 4.42 Å². The average molecular weight is 165 g/mol. The maximum absolute atomic E-state index is 10.3. The van der Waals surface area contributed by atoms with Crippen molar-refractivity contribution in [1.82, 2.24) is 4.98 Å². The Balaban J connectivity index is 2.16. The molecule has 1 aliphatic rings. The molecule has 3 nitrogen and oxygen atoms in total. The third kappa shape index (κ3) is 1.26. The first-order valence-corrected chi connectivity index (χ1v) is 4.31. The number of aldehydes is 1. The molecule has 0 N–H and O–H groups in total. The van der Waals surface area contributed by atoms with Crippen LogP contribution in [-0.4, -0.2) is 11.3 Å². The first-order valence-electron chi connectivity index (χ1n) is 4.31. The number of hydrogen-bond acceptors (Lipinski definition) is 3. The summed E-state index contributed by atoms with van der Waals surface area (Å²) < 4.78 is 4.95. The van der Waals surface area contributed by atoms with Gasteiger partial charge in [-0.3, -0.25) is 4.79 Å². The Morgan fingerprint density at radius 1 is 1.50 bits per heavy atom. The van der Waals surface area contributed by atoms with E-state index in [4.69, 9.17) is 4.42 Å². The third-order valence-corrected chi connectivity index (χ3v) is 2.41. The fourth-order valence-electron chi connectivity index (χ4n) is 1.76. The smallest absolute Gasteiger partial charge is 0.259 e. The van der Waals surface area contributed by atoms with Crippen LogP contribution >= 0.6 is 0 Å². The molecule has 0 spiro atoms. The zero-order valence-corrected chi connectivity index (χ0v) is 6.82. The summed E-state index contributed by atoms with van der Waals surface area (Å²) in [5, 5.41) is 0. The van der Waals surface area contributed by atoms with Crippen LogP contribution in [0.3, 0.4) is 0 Å². The summed E-state index contributed by atoms with van der Waals surface area (Å²) >= 11 is 0. The van der Waals surface area contributed by atoms with E-state index >= 15 is 0 Å². The Morgan fingerprint density at radius 2 is 2.25 bits per heavy atom. The highest BCUT2D eigenvalue weighted by molar-refractivity contribution is 5.67. The molecule has 1 aliphatic carbocycles. The first-order chi connectivity index (χ1) is 5.90. The molecule has 0 saturated heterocycles. The maximum atomic E-state index is 10.3. The summed E-state index contributed by atoms with van der Waals surface area (Å²) in [6.45, 7) is 0. The Hall–Kier alpha value is -1.12. The standard InChI is InChI=1S/C9H11NO2/c11-5-9-10-8(6-12-9)7-3-1-2-4-7/h5-7H,1-4H2. The lowest BCUT2D eigenvalue weighted by Gasteiger charge is -2.00. The number of oxazole rings is 1. The monoisotopic (exact) mass is 165 g/mol. The van der Waals surface area contributed by atoms with E-state index in [0.29, 0.717) is 12.2 Å². The molecule has 3 heteroatoms. The molecular weight excluding hydrogens is 154 g/mol. The largest absolute Gasteiger partial charge is 0.442 e. The summed E-state index contributed by atoms with van der Waals surface area (Å²) in [6.07, 6.45) is 7.18. The van der Waals surface area contributed by atoms with Gasteiger partial charge in [-0.1, -0.05) is 12.8 Å². The summed E-state index contributed by atoms with van der Waals surface area (Å²) in [5.41, 5.74) is 0.953. The van der Waals surface area contributed by atoms with E-state index in [1.54, 1.807) is 6.26 Å². The topological polar surface area (TPSA) is 43.1 Å². The number of rotatable bonds is 2. The number of carbonyl (C=O) groups is 1. The van der Waals surface area contributed by atoms with E-state index in [-0.39, 0.29) is 5.89 Å². The van der Waals surface area contributed by atoms with Crippen LogP contribution in [0, 0.1) is 0 Å². The van der Waals surface area contributed by atoms with Crippen LogP contribution in [-0.2, 0) is 0 Å².